The van der Waals surface area contributed by atoms with Gasteiger partial charge in [0.15, 0.2) is 0 Å². The maximum Gasteiger partial charge on any atom is 0.0443 e. The zero-order chi connectivity index (χ0) is 12.4. The lowest BCUT2D eigenvalue weighted by molar-refractivity contribution is 1.13. The minimum absolute atomic E-state index is 1.28. The van der Waals surface area contributed by atoms with Gasteiger partial charge in [-0.2, -0.15) is 0 Å². The van der Waals surface area contributed by atoms with E-state index in [0.717, 1.165) is 0 Å². The minimum Gasteiger partial charge on any atom is -0.377 e. The Bertz CT molecular complexity index is 527. The topological polar surface area (TPSA) is 3.24 Å². The normalized spacial score (nSPS) is 10.4. The van der Waals surface area contributed by atoms with Gasteiger partial charge in [0.05, 0.1) is 0 Å². The van der Waals surface area contributed by atoms with E-state index in [4.69, 9.17) is 0 Å². The predicted molar refractivity (Wildman–Crippen MR) is 75.7 cm³/mol. The van der Waals surface area contributed by atoms with Crippen LogP contribution in [0.2, 0.25) is 0 Å². The van der Waals surface area contributed by atoms with Crippen molar-refractivity contribution in [3.63, 3.8) is 0 Å². The fourth-order valence-electron chi connectivity index (χ4n) is 2.23. The smallest absolute Gasteiger partial charge is 0.0443 e. The molecule has 0 aliphatic rings. The largest absolute Gasteiger partial charge is 0.377 e. The van der Waals surface area contributed by atoms with Crippen LogP contribution in [0, 0.1) is 13.8 Å². The van der Waals surface area contributed by atoms with Crippen LogP contribution in [0.5, 0.6) is 0 Å². The molecule has 0 saturated heterocycles. The van der Waals surface area contributed by atoms with Gasteiger partial charge in [0, 0.05) is 25.3 Å². The van der Waals surface area contributed by atoms with E-state index in [-0.39, 0.29) is 0 Å². The lowest BCUT2D eigenvalue weighted by Gasteiger charge is -2.20. The van der Waals surface area contributed by atoms with Crippen molar-refractivity contribution in [3.05, 3.63) is 53.6 Å². The first-order valence-corrected chi connectivity index (χ1v) is 5.94. The summed E-state index contributed by atoms with van der Waals surface area (Å²) in [6.45, 7) is 4.34. The molecule has 0 aliphatic heterocycles. The fourth-order valence-corrected chi connectivity index (χ4v) is 2.23. The van der Waals surface area contributed by atoms with Gasteiger partial charge in [-0.25, -0.2) is 0 Å². The van der Waals surface area contributed by atoms with Crippen LogP contribution in [-0.2, 0) is 0 Å². The summed E-state index contributed by atoms with van der Waals surface area (Å²) < 4.78 is 0. The third-order valence-electron chi connectivity index (χ3n) is 3.15. The molecule has 0 radical (unpaired) electrons. The summed E-state index contributed by atoms with van der Waals surface area (Å²) in [6.07, 6.45) is 0. The number of rotatable bonds is 2. The van der Waals surface area contributed by atoms with Crippen LogP contribution in [-0.4, -0.2) is 14.1 Å². The van der Waals surface area contributed by atoms with E-state index in [1.54, 1.807) is 0 Å². The van der Waals surface area contributed by atoms with E-state index < -0.39 is 0 Å². The number of nitrogens with zero attached hydrogens (tertiary/aromatic N) is 1. The fraction of sp³-hybridized carbons (Fsp3) is 0.250. The molecule has 0 unspecified atom stereocenters. The average Bonchev–Trinajstić information content (AvgIpc) is 2.30. The van der Waals surface area contributed by atoms with Crippen molar-refractivity contribution in [3.8, 4) is 11.1 Å². The highest BCUT2D eigenvalue weighted by Crippen LogP contribution is 2.34. The second kappa shape index (κ2) is 4.62. The highest BCUT2D eigenvalue weighted by atomic mass is 15.1. The molecule has 0 spiro atoms. The first-order chi connectivity index (χ1) is 8.11. The van der Waals surface area contributed by atoms with Gasteiger partial charge in [-0.15, -0.1) is 0 Å². The Balaban J connectivity index is 2.70. The molecule has 0 heterocycles. The lowest BCUT2D eigenvalue weighted by atomic mass is 9.95. The van der Waals surface area contributed by atoms with Crippen molar-refractivity contribution in [1.82, 2.24) is 0 Å². The molecule has 2 aromatic carbocycles. The predicted octanol–water partition coefficient (Wildman–Crippen LogP) is 4.04. The van der Waals surface area contributed by atoms with Gasteiger partial charge in [-0.05, 0) is 36.6 Å². The second-order valence-corrected chi connectivity index (χ2v) is 4.68. The number of benzene rings is 2. The van der Waals surface area contributed by atoms with E-state index in [2.05, 4.69) is 75.3 Å². The SMILES string of the molecule is Cc1ccccc1-c1c(C)cccc1N(C)C. The summed E-state index contributed by atoms with van der Waals surface area (Å²) >= 11 is 0. The Morgan fingerprint density at radius 3 is 2.06 bits per heavy atom. The van der Waals surface area contributed by atoms with E-state index in [1.807, 2.05) is 0 Å². The molecule has 1 heteroatoms. The summed E-state index contributed by atoms with van der Waals surface area (Å²) in [7, 11) is 4.19. The van der Waals surface area contributed by atoms with Gasteiger partial charge in [0.2, 0.25) is 0 Å². The Morgan fingerprint density at radius 2 is 1.41 bits per heavy atom. The number of anilines is 1. The van der Waals surface area contributed by atoms with E-state index in [9.17, 15) is 0 Å². The molecule has 0 aliphatic carbocycles. The van der Waals surface area contributed by atoms with Crippen LogP contribution in [0.15, 0.2) is 42.5 Å². The second-order valence-electron chi connectivity index (χ2n) is 4.68. The van der Waals surface area contributed by atoms with Crippen LogP contribution in [0.1, 0.15) is 11.1 Å². The van der Waals surface area contributed by atoms with Gasteiger partial charge in [-0.1, -0.05) is 36.4 Å². The first kappa shape index (κ1) is 11.7. The summed E-state index contributed by atoms with van der Waals surface area (Å²) in [4.78, 5) is 2.18. The number of hydrogen-bond donors (Lipinski definition) is 0. The summed E-state index contributed by atoms with van der Waals surface area (Å²) in [6, 6.07) is 15.0. The average molecular weight is 225 g/mol. The molecule has 0 atom stereocenters. The molecule has 2 aromatic rings. The molecule has 0 N–H and O–H groups in total. The maximum atomic E-state index is 2.20. The van der Waals surface area contributed by atoms with Crippen LogP contribution in [0.25, 0.3) is 11.1 Å². The molecule has 88 valence electrons. The molecule has 0 saturated carbocycles. The van der Waals surface area contributed by atoms with E-state index in [0.29, 0.717) is 0 Å². The van der Waals surface area contributed by atoms with Gasteiger partial charge in [0.25, 0.3) is 0 Å². The van der Waals surface area contributed by atoms with Crippen molar-refractivity contribution in [2.75, 3.05) is 19.0 Å². The van der Waals surface area contributed by atoms with Crippen molar-refractivity contribution in [2.45, 2.75) is 13.8 Å². The van der Waals surface area contributed by atoms with Crippen LogP contribution >= 0.6 is 0 Å². The van der Waals surface area contributed by atoms with Gasteiger partial charge in [-0.3, -0.25) is 0 Å². The Hall–Kier alpha value is -1.76. The molecule has 0 bridgehead atoms. The molecule has 0 amide bonds. The monoisotopic (exact) mass is 225 g/mol. The molecule has 0 aromatic heterocycles. The Labute approximate surface area is 104 Å². The van der Waals surface area contributed by atoms with Gasteiger partial charge < -0.3 is 4.90 Å². The van der Waals surface area contributed by atoms with Gasteiger partial charge in [0.1, 0.15) is 0 Å². The maximum absolute atomic E-state index is 2.20. The summed E-state index contributed by atoms with van der Waals surface area (Å²) in [5, 5.41) is 0. The third kappa shape index (κ3) is 2.19. The quantitative estimate of drug-likeness (QED) is 0.745. The van der Waals surface area contributed by atoms with Crippen LogP contribution < -0.4 is 4.90 Å². The zero-order valence-electron chi connectivity index (χ0n) is 11.0. The van der Waals surface area contributed by atoms with Crippen molar-refractivity contribution in [2.24, 2.45) is 0 Å². The Kier molecular flexibility index (Phi) is 3.19. The van der Waals surface area contributed by atoms with Crippen molar-refractivity contribution < 1.29 is 0 Å². The molecular formula is C16H19N. The van der Waals surface area contributed by atoms with E-state index >= 15 is 0 Å². The summed E-state index contributed by atoms with van der Waals surface area (Å²) in [5.41, 5.74) is 6.60. The zero-order valence-corrected chi connectivity index (χ0v) is 11.0. The number of aryl methyl sites for hydroxylation is 2. The van der Waals surface area contributed by atoms with Crippen molar-refractivity contribution >= 4 is 5.69 Å². The van der Waals surface area contributed by atoms with Crippen LogP contribution in [0.4, 0.5) is 5.69 Å². The molecule has 1 nitrogen and oxygen atoms in total. The third-order valence-corrected chi connectivity index (χ3v) is 3.15. The van der Waals surface area contributed by atoms with Gasteiger partial charge >= 0.3 is 0 Å². The summed E-state index contributed by atoms with van der Waals surface area (Å²) in [5.74, 6) is 0. The number of hydrogen-bond acceptors (Lipinski definition) is 1. The van der Waals surface area contributed by atoms with E-state index in [1.165, 1.54) is 27.9 Å². The lowest BCUT2D eigenvalue weighted by Crippen LogP contribution is -2.10. The molecule has 2 rings (SSSR count). The highest BCUT2D eigenvalue weighted by Gasteiger charge is 2.10. The van der Waals surface area contributed by atoms with Crippen LogP contribution in [0.3, 0.4) is 0 Å². The Morgan fingerprint density at radius 1 is 0.765 bits per heavy atom. The molecule has 0 fully saturated rings. The highest BCUT2D eigenvalue weighted by molar-refractivity contribution is 5.82. The first-order valence-electron chi connectivity index (χ1n) is 5.94. The standard InChI is InChI=1S/C16H19N/c1-12-8-5-6-10-14(12)16-13(2)9-7-11-15(16)17(3)4/h5-11H,1-4H3. The minimum atomic E-state index is 1.28. The molecular weight excluding hydrogens is 206 g/mol. The van der Waals surface area contributed by atoms with Crippen molar-refractivity contribution in [1.29, 1.82) is 0 Å². The molecule has 17 heavy (non-hydrogen) atoms.